The van der Waals surface area contributed by atoms with Crippen LogP contribution in [0.4, 0.5) is 0 Å². The first-order valence-electron chi connectivity index (χ1n) is 11.2. The molecule has 1 fully saturated rings. The third-order valence-corrected chi connectivity index (χ3v) is 5.47. The molecular formula is C23H34N4O5. The topological polar surface area (TPSA) is 130 Å². The van der Waals surface area contributed by atoms with Crippen molar-refractivity contribution in [2.45, 2.75) is 71.9 Å². The third-order valence-electron chi connectivity index (χ3n) is 5.47. The van der Waals surface area contributed by atoms with Gasteiger partial charge >= 0.3 is 0 Å². The highest BCUT2D eigenvalue weighted by atomic mass is 16.5. The highest BCUT2D eigenvalue weighted by molar-refractivity contribution is 5.97. The Bertz CT molecular complexity index is 845. The third kappa shape index (κ3) is 7.62. The van der Waals surface area contributed by atoms with Gasteiger partial charge in [-0.05, 0) is 39.0 Å². The van der Waals surface area contributed by atoms with Crippen molar-refractivity contribution in [1.29, 1.82) is 0 Å². The van der Waals surface area contributed by atoms with Gasteiger partial charge in [-0.2, -0.15) is 0 Å². The van der Waals surface area contributed by atoms with Crippen molar-refractivity contribution < 1.29 is 23.7 Å². The molecule has 2 rings (SSSR count). The van der Waals surface area contributed by atoms with Crippen molar-refractivity contribution in [1.82, 2.24) is 21.1 Å². The van der Waals surface area contributed by atoms with Crippen molar-refractivity contribution in [2.24, 2.45) is 11.8 Å². The van der Waals surface area contributed by atoms with E-state index < -0.39 is 11.9 Å². The summed E-state index contributed by atoms with van der Waals surface area (Å²) < 4.78 is 4.91. The van der Waals surface area contributed by atoms with Gasteiger partial charge in [-0.25, -0.2) is 0 Å². The highest BCUT2D eigenvalue weighted by Gasteiger charge is 2.27. The van der Waals surface area contributed by atoms with Gasteiger partial charge < -0.3 is 20.5 Å². The second kappa shape index (κ2) is 12.2. The quantitative estimate of drug-likeness (QED) is 0.446. The van der Waals surface area contributed by atoms with E-state index in [4.69, 9.17) is 4.52 Å². The van der Waals surface area contributed by atoms with Crippen LogP contribution in [-0.2, 0) is 14.4 Å². The number of allylic oxidation sites excluding steroid dienone is 1. The number of carbonyl (C=O) groups is 4. The maximum Gasteiger partial charge on any atom is 0.274 e. The van der Waals surface area contributed by atoms with E-state index in [2.05, 4.69) is 21.1 Å². The highest BCUT2D eigenvalue weighted by Crippen LogP contribution is 2.18. The Labute approximate surface area is 188 Å². The molecule has 1 saturated heterocycles. The van der Waals surface area contributed by atoms with E-state index in [1.165, 1.54) is 6.07 Å². The van der Waals surface area contributed by atoms with Gasteiger partial charge in [0.2, 0.25) is 11.8 Å². The summed E-state index contributed by atoms with van der Waals surface area (Å²) in [6.45, 7) is 7.88. The second-order valence-corrected chi connectivity index (χ2v) is 8.55. The molecule has 1 aromatic heterocycles. The maximum absolute atomic E-state index is 12.7. The molecule has 0 bridgehead atoms. The van der Waals surface area contributed by atoms with Gasteiger partial charge in [0.25, 0.3) is 5.91 Å². The summed E-state index contributed by atoms with van der Waals surface area (Å²) in [6, 6.07) is 0.496. The molecule has 0 spiro atoms. The Morgan fingerprint density at radius 3 is 2.62 bits per heavy atom. The normalized spacial score (nSPS) is 18.3. The van der Waals surface area contributed by atoms with Crippen LogP contribution in [0.2, 0.25) is 0 Å². The van der Waals surface area contributed by atoms with Crippen molar-refractivity contribution >= 4 is 23.5 Å². The van der Waals surface area contributed by atoms with Gasteiger partial charge in [0, 0.05) is 37.4 Å². The fraction of sp³-hybridized carbons (Fsp3) is 0.609. The van der Waals surface area contributed by atoms with Crippen LogP contribution in [-0.4, -0.2) is 47.3 Å². The Kier molecular flexibility index (Phi) is 9.61. The van der Waals surface area contributed by atoms with Crippen LogP contribution in [0, 0.1) is 18.8 Å². The van der Waals surface area contributed by atoms with Crippen LogP contribution in [0.25, 0.3) is 0 Å². The zero-order valence-corrected chi connectivity index (χ0v) is 19.3. The van der Waals surface area contributed by atoms with Gasteiger partial charge in [0.05, 0.1) is 6.04 Å². The Morgan fingerprint density at radius 1 is 1.28 bits per heavy atom. The van der Waals surface area contributed by atoms with E-state index in [0.717, 1.165) is 12.8 Å². The number of carbonyl (C=O) groups excluding carboxylic acids is 4. The van der Waals surface area contributed by atoms with Gasteiger partial charge in [-0.3, -0.25) is 19.2 Å². The molecule has 2 heterocycles. The zero-order valence-electron chi connectivity index (χ0n) is 19.3. The minimum Gasteiger partial charge on any atom is -0.361 e. The molecule has 1 aliphatic rings. The van der Waals surface area contributed by atoms with E-state index in [9.17, 15) is 19.2 Å². The van der Waals surface area contributed by atoms with E-state index in [1.807, 2.05) is 32.9 Å². The number of aromatic nitrogens is 1. The van der Waals surface area contributed by atoms with Gasteiger partial charge in [0.1, 0.15) is 5.76 Å². The fourth-order valence-electron chi connectivity index (χ4n) is 3.76. The molecule has 9 heteroatoms. The molecule has 0 saturated carbocycles. The molecule has 176 valence electrons. The number of aryl methyl sites for hydroxylation is 1. The monoisotopic (exact) mass is 446 g/mol. The van der Waals surface area contributed by atoms with Crippen LogP contribution < -0.4 is 16.0 Å². The summed E-state index contributed by atoms with van der Waals surface area (Å²) in [7, 11) is 0. The smallest absolute Gasteiger partial charge is 0.274 e. The Morgan fingerprint density at radius 2 is 2.03 bits per heavy atom. The van der Waals surface area contributed by atoms with E-state index in [0.29, 0.717) is 18.7 Å². The van der Waals surface area contributed by atoms with Crippen molar-refractivity contribution in [3.63, 3.8) is 0 Å². The zero-order chi connectivity index (χ0) is 23.7. The summed E-state index contributed by atoms with van der Waals surface area (Å²) in [5.74, 6) is -0.738. The second-order valence-electron chi connectivity index (χ2n) is 8.55. The summed E-state index contributed by atoms with van der Waals surface area (Å²) in [4.78, 5) is 49.6. The first-order valence-corrected chi connectivity index (χ1v) is 11.2. The predicted octanol–water partition coefficient (Wildman–Crippen LogP) is 2.06. The molecule has 9 nitrogen and oxygen atoms in total. The first kappa shape index (κ1) is 25.3. The molecule has 3 atom stereocenters. The lowest BCUT2D eigenvalue weighted by molar-refractivity contribution is -0.128. The number of nitrogens with zero attached hydrogens (tertiary/aromatic N) is 1. The van der Waals surface area contributed by atoms with Gasteiger partial charge in [-0.15, -0.1) is 0 Å². The number of hydrogen-bond acceptors (Lipinski definition) is 6. The SMILES string of the molecule is C/C=C/[C@H](C[C@@H]1CCCNC1=O)NC(=O)CCC(=O)C(NC(=O)c1cc(C)on1)C(C)C. The Balaban J connectivity index is 1.88. The summed E-state index contributed by atoms with van der Waals surface area (Å²) in [5, 5.41) is 12.1. The minimum atomic E-state index is -0.732. The van der Waals surface area contributed by atoms with E-state index >= 15 is 0 Å². The average Bonchev–Trinajstić information content (AvgIpc) is 3.18. The number of hydrogen-bond donors (Lipinski definition) is 3. The molecule has 1 aromatic rings. The number of nitrogens with one attached hydrogen (secondary N) is 3. The molecule has 0 radical (unpaired) electrons. The summed E-state index contributed by atoms with van der Waals surface area (Å²) in [5.41, 5.74) is 0.111. The van der Waals surface area contributed by atoms with Crippen molar-refractivity contribution in [2.75, 3.05) is 6.54 Å². The van der Waals surface area contributed by atoms with Crippen molar-refractivity contribution in [3.05, 3.63) is 29.7 Å². The van der Waals surface area contributed by atoms with Crippen molar-refractivity contribution in [3.8, 4) is 0 Å². The summed E-state index contributed by atoms with van der Waals surface area (Å²) in [6.07, 6.45) is 5.96. The van der Waals surface area contributed by atoms with Crippen LogP contribution in [0.15, 0.2) is 22.7 Å². The van der Waals surface area contributed by atoms with E-state index in [1.54, 1.807) is 6.92 Å². The molecule has 1 aliphatic heterocycles. The molecular weight excluding hydrogens is 412 g/mol. The maximum atomic E-state index is 12.7. The van der Waals surface area contributed by atoms with Crippen LogP contribution in [0.3, 0.4) is 0 Å². The Hall–Kier alpha value is -2.97. The number of piperidine rings is 1. The van der Waals surface area contributed by atoms with Crippen LogP contribution >= 0.6 is 0 Å². The lowest BCUT2D eigenvalue weighted by atomic mass is 9.91. The molecule has 32 heavy (non-hydrogen) atoms. The largest absolute Gasteiger partial charge is 0.361 e. The first-order chi connectivity index (χ1) is 15.2. The number of amides is 3. The van der Waals surface area contributed by atoms with Gasteiger partial charge in [0.15, 0.2) is 11.5 Å². The van der Waals surface area contributed by atoms with Crippen LogP contribution in [0.1, 0.15) is 69.1 Å². The predicted molar refractivity (Wildman–Crippen MR) is 119 cm³/mol. The average molecular weight is 447 g/mol. The lowest BCUT2D eigenvalue weighted by Crippen LogP contribution is -2.45. The lowest BCUT2D eigenvalue weighted by Gasteiger charge is -2.25. The molecule has 0 aliphatic carbocycles. The minimum absolute atomic E-state index is 0.000717. The molecule has 3 N–H and O–H groups in total. The standard InChI is InChI=1S/C23H34N4O5/c1-5-7-17(13-16-8-6-11-24-22(16)30)25-20(29)10-9-19(28)21(14(2)3)26-23(31)18-12-15(4)32-27-18/h5,7,12,14,16-17,21H,6,8-11,13H2,1-4H3,(H,24,30)(H,25,29)(H,26,31)/b7-5+/t16-,17+,21?/m0/s1. The summed E-state index contributed by atoms with van der Waals surface area (Å²) >= 11 is 0. The fourth-order valence-corrected chi connectivity index (χ4v) is 3.76. The molecule has 0 aromatic carbocycles. The molecule has 1 unspecified atom stereocenters. The number of rotatable bonds is 11. The molecule has 3 amide bonds. The van der Waals surface area contributed by atoms with Gasteiger partial charge in [-0.1, -0.05) is 31.2 Å². The number of ketones is 1. The van der Waals surface area contributed by atoms with Crippen LogP contribution in [0.5, 0.6) is 0 Å². The number of Topliss-reactive ketones (excluding diaryl/α,β-unsaturated/α-hetero) is 1. The van der Waals surface area contributed by atoms with E-state index in [-0.39, 0.29) is 54.0 Å².